The molecule has 29 heavy (non-hydrogen) atoms. The van der Waals surface area contributed by atoms with Crippen LogP contribution < -0.4 is 16.4 Å². The molecule has 1 atom stereocenters. The van der Waals surface area contributed by atoms with Gasteiger partial charge in [0.15, 0.2) is 0 Å². The van der Waals surface area contributed by atoms with Gasteiger partial charge in [-0.3, -0.25) is 19.7 Å². The molecule has 0 spiro atoms. The van der Waals surface area contributed by atoms with Gasteiger partial charge in [0.25, 0.3) is 5.91 Å². The molecule has 0 aliphatic carbocycles. The lowest BCUT2D eigenvalue weighted by molar-refractivity contribution is -0.136. The van der Waals surface area contributed by atoms with Crippen LogP contribution in [0.1, 0.15) is 39.9 Å². The Kier molecular flexibility index (Phi) is 5.31. The Morgan fingerprint density at radius 3 is 2.55 bits per heavy atom. The first kappa shape index (κ1) is 19.1. The maximum atomic E-state index is 12.7. The van der Waals surface area contributed by atoms with Crippen LogP contribution in [0.3, 0.4) is 0 Å². The van der Waals surface area contributed by atoms with E-state index >= 15 is 0 Å². The van der Waals surface area contributed by atoms with Crippen LogP contribution in [0, 0.1) is 0 Å². The number of imide groups is 1. The second-order valence-electron chi connectivity index (χ2n) is 7.48. The highest BCUT2D eigenvalue weighted by molar-refractivity contribution is 6.05. The zero-order valence-corrected chi connectivity index (χ0v) is 16.1. The number of carbonyl (C=O) groups is 3. The number of nitrogens with zero attached hydrogens (tertiary/aromatic N) is 1. The fourth-order valence-electron chi connectivity index (χ4n) is 3.90. The fraction of sp³-hybridized carbons (Fsp3) is 0.318. The third-order valence-electron chi connectivity index (χ3n) is 5.47. The number of anilines is 1. The van der Waals surface area contributed by atoms with E-state index in [0.717, 1.165) is 23.2 Å². The molecule has 2 aliphatic rings. The summed E-state index contributed by atoms with van der Waals surface area (Å²) < 4.78 is 0. The molecular formula is C22H24N4O3. The van der Waals surface area contributed by atoms with Crippen LogP contribution in [-0.4, -0.2) is 35.2 Å². The van der Waals surface area contributed by atoms with Crippen molar-refractivity contribution in [3.8, 4) is 0 Å². The Labute approximate surface area is 169 Å². The third-order valence-corrected chi connectivity index (χ3v) is 5.47. The van der Waals surface area contributed by atoms with Gasteiger partial charge >= 0.3 is 0 Å². The molecule has 1 fully saturated rings. The predicted molar refractivity (Wildman–Crippen MR) is 109 cm³/mol. The minimum Gasteiger partial charge on any atom is -0.381 e. The number of carbonyl (C=O) groups excluding carboxylic acids is 3. The molecule has 0 aromatic heterocycles. The van der Waals surface area contributed by atoms with Gasteiger partial charge in [0.1, 0.15) is 6.04 Å². The summed E-state index contributed by atoms with van der Waals surface area (Å²) in [5, 5.41) is 5.71. The SMILES string of the molecule is NCCc1ccc(NCc2ccc3c(c2)CN(C2CCC(=O)NC2=O)C3=O)cc1. The van der Waals surface area contributed by atoms with Gasteiger partial charge in [0, 0.05) is 30.8 Å². The molecule has 1 saturated heterocycles. The lowest BCUT2D eigenvalue weighted by atomic mass is 10.0. The van der Waals surface area contributed by atoms with Crippen molar-refractivity contribution >= 4 is 23.4 Å². The number of nitrogens with one attached hydrogen (secondary N) is 2. The number of nitrogens with two attached hydrogens (primary N) is 1. The number of piperidine rings is 1. The first-order chi connectivity index (χ1) is 14.0. The molecule has 0 radical (unpaired) electrons. The lowest BCUT2D eigenvalue weighted by Gasteiger charge is -2.29. The molecule has 0 saturated carbocycles. The van der Waals surface area contributed by atoms with E-state index in [4.69, 9.17) is 5.73 Å². The number of benzene rings is 2. The van der Waals surface area contributed by atoms with Gasteiger partial charge in [-0.25, -0.2) is 0 Å². The smallest absolute Gasteiger partial charge is 0.255 e. The monoisotopic (exact) mass is 392 g/mol. The molecule has 4 rings (SSSR count). The van der Waals surface area contributed by atoms with Gasteiger partial charge in [-0.15, -0.1) is 0 Å². The molecule has 1 unspecified atom stereocenters. The van der Waals surface area contributed by atoms with Crippen molar-refractivity contribution in [3.63, 3.8) is 0 Å². The topological polar surface area (TPSA) is 105 Å². The molecule has 2 aromatic rings. The fourth-order valence-corrected chi connectivity index (χ4v) is 3.90. The maximum Gasteiger partial charge on any atom is 0.255 e. The Balaban J connectivity index is 1.42. The first-order valence-electron chi connectivity index (χ1n) is 9.84. The molecule has 7 heteroatoms. The average molecular weight is 392 g/mol. The number of hydrogen-bond donors (Lipinski definition) is 3. The van der Waals surface area contributed by atoms with E-state index in [1.807, 2.05) is 30.3 Å². The van der Waals surface area contributed by atoms with Crippen molar-refractivity contribution in [1.29, 1.82) is 0 Å². The van der Waals surface area contributed by atoms with Crippen molar-refractivity contribution in [3.05, 3.63) is 64.7 Å². The van der Waals surface area contributed by atoms with Crippen molar-refractivity contribution in [2.45, 2.75) is 38.4 Å². The van der Waals surface area contributed by atoms with Crippen LogP contribution >= 0.6 is 0 Å². The zero-order valence-electron chi connectivity index (χ0n) is 16.1. The number of hydrogen-bond acceptors (Lipinski definition) is 5. The maximum absolute atomic E-state index is 12.7. The van der Waals surface area contributed by atoms with Crippen molar-refractivity contribution in [1.82, 2.24) is 10.2 Å². The van der Waals surface area contributed by atoms with E-state index < -0.39 is 6.04 Å². The zero-order chi connectivity index (χ0) is 20.4. The Bertz CT molecular complexity index is 955. The molecule has 3 amide bonds. The van der Waals surface area contributed by atoms with Crippen molar-refractivity contribution in [2.24, 2.45) is 5.73 Å². The number of amides is 3. The van der Waals surface area contributed by atoms with Crippen LogP contribution in [0.2, 0.25) is 0 Å². The van der Waals surface area contributed by atoms with E-state index in [-0.39, 0.29) is 24.1 Å². The molecular weight excluding hydrogens is 368 g/mol. The standard InChI is InChI=1S/C22H24N4O3/c23-10-9-14-1-4-17(5-2-14)24-12-15-3-6-18-16(11-15)13-26(22(18)29)19-7-8-20(27)25-21(19)28/h1-6,11,19,24H,7-10,12-13,23H2,(H,25,27,28). The summed E-state index contributed by atoms with van der Waals surface area (Å²) in [6, 6.07) is 13.4. The quantitative estimate of drug-likeness (QED) is 0.647. The highest BCUT2D eigenvalue weighted by Crippen LogP contribution is 2.28. The van der Waals surface area contributed by atoms with E-state index in [9.17, 15) is 14.4 Å². The summed E-state index contributed by atoms with van der Waals surface area (Å²) in [5.41, 5.74) is 10.4. The molecule has 2 aliphatic heterocycles. The third kappa shape index (κ3) is 4.00. The van der Waals surface area contributed by atoms with Gasteiger partial charge < -0.3 is 16.0 Å². The molecule has 4 N–H and O–H groups in total. The minimum atomic E-state index is -0.582. The predicted octanol–water partition coefficient (Wildman–Crippen LogP) is 1.56. The number of rotatable bonds is 6. The first-order valence-corrected chi connectivity index (χ1v) is 9.84. The number of fused-ring (bicyclic) bond motifs is 1. The van der Waals surface area contributed by atoms with Crippen LogP contribution in [0.5, 0.6) is 0 Å². The van der Waals surface area contributed by atoms with Crippen molar-refractivity contribution in [2.75, 3.05) is 11.9 Å². The Hall–Kier alpha value is -3.19. The van der Waals surface area contributed by atoms with E-state index in [0.29, 0.717) is 31.6 Å². The molecule has 2 heterocycles. The molecule has 150 valence electrons. The molecule has 7 nitrogen and oxygen atoms in total. The van der Waals surface area contributed by atoms with Gasteiger partial charge in [0.2, 0.25) is 11.8 Å². The van der Waals surface area contributed by atoms with Gasteiger partial charge in [-0.1, -0.05) is 24.3 Å². The van der Waals surface area contributed by atoms with Crippen molar-refractivity contribution < 1.29 is 14.4 Å². The summed E-state index contributed by atoms with van der Waals surface area (Å²) >= 11 is 0. The van der Waals surface area contributed by atoms with Gasteiger partial charge in [-0.05, 0) is 54.3 Å². The van der Waals surface area contributed by atoms with Gasteiger partial charge in [-0.2, -0.15) is 0 Å². The summed E-state index contributed by atoms with van der Waals surface area (Å²) in [4.78, 5) is 37.8. The van der Waals surface area contributed by atoms with Crippen LogP contribution in [0.4, 0.5) is 5.69 Å². The van der Waals surface area contributed by atoms with Gasteiger partial charge in [0.05, 0.1) is 0 Å². The highest BCUT2D eigenvalue weighted by atomic mass is 16.2. The summed E-state index contributed by atoms with van der Waals surface area (Å²) in [7, 11) is 0. The summed E-state index contributed by atoms with van der Waals surface area (Å²) in [6.07, 6.45) is 1.50. The molecule has 0 bridgehead atoms. The largest absolute Gasteiger partial charge is 0.381 e. The second-order valence-corrected chi connectivity index (χ2v) is 7.48. The van der Waals surface area contributed by atoms with E-state index in [2.05, 4.69) is 22.8 Å². The lowest BCUT2D eigenvalue weighted by Crippen LogP contribution is -2.52. The van der Waals surface area contributed by atoms with E-state index in [1.165, 1.54) is 5.56 Å². The Morgan fingerprint density at radius 2 is 1.83 bits per heavy atom. The minimum absolute atomic E-state index is 0.149. The summed E-state index contributed by atoms with van der Waals surface area (Å²) in [5.74, 6) is -0.813. The van der Waals surface area contributed by atoms with Crippen LogP contribution in [-0.2, 0) is 29.1 Å². The average Bonchev–Trinajstić information content (AvgIpc) is 3.03. The second kappa shape index (κ2) is 8.05. The van der Waals surface area contributed by atoms with E-state index in [1.54, 1.807) is 4.90 Å². The van der Waals surface area contributed by atoms with Crippen LogP contribution in [0.25, 0.3) is 0 Å². The molecule has 2 aromatic carbocycles. The Morgan fingerprint density at radius 1 is 1.07 bits per heavy atom. The highest BCUT2D eigenvalue weighted by Gasteiger charge is 2.38. The summed E-state index contributed by atoms with van der Waals surface area (Å²) in [6.45, 7) is 1.66. The van der Waals surface area contributed by atoms with Crippen LogP contribution in [0.15, 0.2) is 42.5 Å². The normalized spacial score (nSPS) is 18.6.